The molecule has 2 aromatic rings. The summed E-state index contributed by atoms with van der Waals surface area (Å²) in [6.45, 7) is 0. The fourth-order valence-corrected chi connectivity index (χ4v) is 3.54. The van der Waals surface area contributed by atoms with E-state index in [0.717, 1.165) is 17.3 Å². The van der Waals surface area contributed by atoms with Gasteiger partial charge in [-0.3, -0.25) is 4.98 Å². The first-order valence-electron chi connectivity index (χ1n) is 6.62. The van der Waals surface area contributed by atoms with Gasteiger partial charge < -0.3 is 5.32 Å². The Morgan fingerprint density at radius 3 is 2.95 bits per heavy atom. The van der Waals surface area contributed by atoms with Crippen molar-refractivity contribution >= 4 is 15.9 Å². The van der Waals surface area contributed by atoms with Crippen molar-refractivity contribution in [3.8, 4) is 0 Å². The van der Waals surface area contributed by atoms with Gasteiger partial charge in [-0.2, -0.15) is 0 Å². The molecule has 98 valence electrons. The summed E-state index contributed by atoms with van der Waals surface area (Å²) < 4.78 is 1.06. The monoisotopic (exact) mass is 316 g/mol. The smallest absolute Gasteiger partial charge is 0.0410 e. The number of hydrogen-bond donors (Lipinski definition) is 1. The SMILES string of the molecule is CNC1c2ccccc2CC1Cc1cncc(Br)c1. The summed E-state index contributed by atoms with van der Waals surface area (Å²) in [6, 6.07) is 11.4. The third-order valence-electron chi connectivity index (χ3n) is 3.91. The molecular weight excluding hydrogens is 300 g/mol. The lowest BCUT2D eigenvalue weighted by atomic mass is 9.93. The molecule has 1 aliphatic rings. The molecule has 0 saturated carbocycles. The predicted octanol–water partition coefficient (Wildman–Crippen LogP) is 3.52. The summed E-state index contributed by atoms with van der Waals surface area (Å²) in [5, 5.41) is 3.47. The third kappa shape index (κ3) is 2.58. The normalized spacial score (nSPS) is 21.4. The lowest BCUT2D eigenvalue weighted by Gasteiger charge is -2.20. The van der Waals surface area contributed by atoms with E-state index in [9.17, 15) is 0 Å². The Morgan fingerprint density at radius 2 is 2.16 bits per heavy atom. The van der Waals surface area contributed by atoms with Crippen LogP contribution in [-0.2, 0) is 12.8 Å². The highest BCUT2D eigenvalue weighted by atomic mass is 79.9. The number of pyridine rings is 1. The maximum atomic E-state index is 4.26. The van der Waals surface area contributed by atoms with Crippen LogP contribution in [0.5, 0.6) is 0 Å². The minimum Gasteiger partial charge on any atom is -0.313 e. The number of aromatic nitrogens is 1. The molecule has 19 heavy (non-hydrogen) atoms. The van der Waals surface area contributed by atoms with Crippen LogP contribution in [0, 0.1) is 5.92 Å². The zero-order valence-corrected chi connectivity index (χ0v) is 12.5. The highest BCUT2D eigenvalue weighted by Gasteiger charge is 2.30. The Labute approximate surface area is 122 Å². The average molecular weight is 317 g/mol. The van der Waals surface area contributed by atoms with E-state index < -0.39 is 0 Å². The maximum absolute atomic E-state index is 4.26. The second-order valence-corrected chi connectivity index (χ2v) is 6.06. The third-order valence-corrected chi connectivity index (χ3v) is 4.35. The van der Waals surface area contributed by atoms with Crippen LogP contribution in [0.2, 0.25) is 0 Å². The number of fused-ring (bicyclic) bond motifs is 1. The lowest BCUT2D eigenvalue weighted by molar-refractivity contribution is 0.410. The zero-order valence-electron chi connectivity index (χ0n) is 10.9. The fourth-order valence-electron chi connectivity index (χ4n) is 3.13. The van der Waals surface area contributed by atoms with Crippen molar-refractivity contribution in [3.05, 3.63) is 63.9 Å². The molecular formula is C16H17BrN2. The first-order valence-corrected chi connectivity index (χ1v) is 7.41. The van der Waals surface area contributed by atoms with Gasteiger partial charge in [0.15, 0.2) is 0 Å². The molecule has 0 radical (unpaired) electrons. The number of nitrogens with zero attached hydrogens (tertiary/aromatic N) is 1. The lowest BCUT2D eigenvalue weighted by Crippen LogP contribution is -2.23. The Balaban J connectivity index is 1.83. The van der Waals surface area contributed by atoms with Gasteiger partial charge in [-0.25, -0.2) is 0 Å². The van der Waals surface area contributed by atoms with Crippen molar-refractivity contribution in [2.75, 3.05) is 7.05 Å². The van der Waals surface area contributed by atoms with Gasteiger partial charge in [-0.05, 0) is 64.5 Å². The molecule has 2 atom stereocenters. The molecule has 3 rings (SSSR count). The number of hydrogen-bond acceptors (Lipinski definition) is 2. The molecule has 1 N–H and O–H groups in total. The summed E-state index contributed by atoms with van der Waals surface area (Å²) in [5.41, 5.74) is 4.24. The van der Waals surface area contributed by atoms with Gasteiger partial charge in [0, 0.05) is 22.9 Å². The van der Waals surface area contributed by atoms with Crippen LogP contribution in [0.25, 0.3) is 0 Å². The summed E-state index contributed by atoms with van der Waals surface area (Å²) >= 11 is 3.49. The summed E-state index contributed by atoms with van der Waals surface area (Å²) in [5.74, 6) is 0.610. The van der Waals surface area contributed by atoms with E-state index in [4.69, 9.17) is 0 Å². The second kappa shape index (κ2) is 5.43. The highest BCUT2D eigenvalue weighted by molar-refractivity contribution is 9.10. The molecule has 0 amide bonds. The molecule has 0 saturated heterocycles. The van der Waals surface area contributed by atoms with Crippen LogP contribution in [0.4, 0.5) is 0 Å². The summed E-state index contributed by atoms with van der Waals surface area (Å²) in [6.07, 6.45) is 6.02. The Hall–Kier alpha value is -1.19. The molecule has 2 nitrogen and oxygen atoms in total. The molecule has 1 heterocycles. The molecule has 0 aliphatic heterocycles. The molecule has 0 spiro atoms. The minimum atomic E-state index is 0.454. The van der Waals surface area contributed by atoms with Crippen molar-refractivity contribution in [2.24, 2.45) is 5.92 Å². The van der Waals surface area contributed by atoms with Gasteiger partial charge in [0.25, 0.3) is 0 Å². The van der Waals surface area contributed by atoms with Crippen molar-refractivity contribution in [1.82, 2.24) is 10.3 Å². The summed E-state index contributed by atoms with van der Waals surface area (Å²) in [4.78, 5) is 4.26. The molecule has 2 unspecified atom stereocenters. The van der Waals surface area contributed by atoms with E-state index >= 15 is 0 Å². The van der Waals surface area contributed by atoms with Gasteiger partial charge in [0.1, 0.15) is 0 Å². The predicted molar refractivity (Wildman–Crippen MR) is 81.1 cm³/mol. The summed E-state index contributed by atoms with van der Waals surface area (Å²) in [7, 11) is 2.05. The molecule has 3 heteroatoms. The average Bonchev–Trinajstić information content (AvgIpc) is 2.75. The van der Waals surface area contributed by atoms with Crippen LogP contribution >= 0.6 is 15.9 Å². The maximum Gasteiger partial charge on any atom is 0.0410 e. The first-order chi connectivity index (χ1) is 9.28. The quantitative estimate of drug-likeness (QED) is 0.937. The zero-order chi connectivity index (χ0) is 13.2. The van der Waals surface area contributed by atoms with Crippen LogP contribution in [0.3, 0.4) is 0 Å². The minimum absolute atomic E-state index is 0.454. The molecule has 1 aromatic heterocycles. The van der Waals surface area contributed by atoms with Crippen LogP contribution < -0.4 is 5.32 Å². The first kappa shape index (κ1) is 12.8. The Morgan fingerprint density at radius 1 is 1.32 bits per heavy atom. The van der Waals surface area contributed by atoms with Crippen molar-refractivity contribution < 1.29 is 0 Å². The van der Waals surface area contributed by atoms with E-state index in [1.54, 1.807) is 0 Å². The number of halogens is 1. The van der Waals surface area contributed by atoms with Gasteiger partial charge in [0.2, 0.25) is 0 Å². The Bertz CT molecular complexity index is 582. The van der Waals surface area contributed by atoms with Crippen molar-refractivity contribution in [3.63, 3.8) is 0 Å². The molecule has 0 bridgehead atoms. The van der Waals surface area contributed by atoms with E-state index in [1.165, 1.54) is 16.7 Å². The number of benzene rings is 1. The van der Waals surface area contributed by atoms with Crippen molar-refractivity contribution in [1.29, 1.82) is 0 Å². The van der Waals surface area contributed by atoms with E-state index in [-0.39, 0.29) is 0 Å². The molecule has 0 fully saturated rings. The van der Waals surface area contributed by atoms with Crippen LogP contribution in [0.15, 0.2) is 47.2 Å². The second-order valence-electron chi connectivity index (χ2n) is 5.14. The van der Waals surface area contributed by atoms with E-state index in [1.807, 2.05) is 12.4 Å². The van der Waals surface area contributed by atoms with E-state index in [0.29, 0.717) is 12.0 Å². The van der Waals surface area contributed by atoms with E-state index in [2.05, 4.69) is 63.6 Å². The largest absolute Gasteiger partial charge is 0.313 e. The number of rotatable bonds is 3. The van der Waals surface area contributed by atoms with Gasteiger partial charge >= 0.3 is 0 Å². The Kier molecular flexibility index (Phi) is 3.67. The molecule has 1 aliphatic carbocycles. The van der Waals surface area contributed by atoms with Crippen molar-refractivity contribution in [2.45, 2.75) is 18.9 Å². The molecule has 1 aromatic carbocycles. The van der Waals surface area contributed by atoms with Gasteiger partial charge in [0.05, 0.1) is 0 Å². The number of nitrogens with one attached hydrogen (secondary N) is 1. The van der Waals surface area contributed by atoms with Gasteiger partial charge in [-0.15, -0.1) is 0 Å². The fraction of sp³-hybridized carbons (Fsp3) is 0.312. The standard InChI is InChI=1S/C16H17BrN2/c1-18-16-13(6-11-7-14(17)10-19-9-11)8-12-4-2-3-5-15(12)16/h2-5,7,9-10,13,16,18H,6,8H2,1H3. The highest BCUT2D eigenvalue weighted by Crippen LogP contribution is 2.37. The topological polar surface area (TPSA) is 24.9 Å². The van der Waals surface area contributed by atoms with Crippen LogP contribution in [-0.4, -0.2) is 12.0 Å². The van der Waals surface area contributed by atoms with Gasteiger partial charge in [-0.1, -0.05) is 24.3 Å². The van der Waals surface area contributed by atoms with Crippen LogP contribution in [0.1, 0.15) is 22.7 Å².